The Labute approximate surface area is 239 Å². The fourth-order valence-corrected chi connectivity index (χ4v) is 5.20. The summed E-state index contributed by atoms with van der Waals surface area (Å²) in [5, 5.41) is 9.78. The fourth-order valence-electron chi connectivity index (χ4n) is 5.20. The van der Waals surface area contributed by atoms with Crippen LogP contribution in [0, 0.1) is 18.8 Å². The Kier molecular flexibility index (Phi) is 8.98. The minimum atomic E-state index is -0.812. The van der Waals surface area contributed by atoms with Crippen molar-refractivity contribution in [2.45, 2.75) is 32.6 Å². The summed E-state index contributed by atoms with van der Waals surface area (Å²) in [5.74, 6) is 1.18. The van der Waals surface area contributed by atoms with Gasteiger partial charge in [-0.15, -0.1) is 0 Å². The molecule has 41 heavy (non-hydrogen) atoms. The number of piperidine rings is 1. The largest absolute Gasteiger partial charge is 0.493 e. The van der Waals surface area contributed by atoms with Crippen molar-refractivity contribution in [1.82, 2.24) is 9.88 Å². The van der Waals surface area contributed by atoms with E-state index in [1.807, 2.05) is 67.6 Å². The van der Waals surface area contributed by atoms with Gasteiger partial charge in [0.1, 0.15) is 17.3 Å². The highest BCUT2D eigenvalue weighted by atomic mass is 16.6. The first-order valence-corrected chi connectivity index (χ1v) is 13.9. The molecule has 0 saturated carbocycles. The number of benzene rings is 3. The standard InChI is InChI=1S/C33H34N2O6/c1-23-30(34-31(40-23)25-8-4-2-5-9-25)19-21-39-27-16-13-24(14-17-27)12-15-26-22-35(20-18-29(26)32(36)37)33(38)41-28-10-6-3-7-11-28/h2-11,13-14,16-17,26,29H,12,15,18-22H2,1H3,(H,36,37)/t26-,29+/m1/s1. The highest BCUT2D eigenvalue weighted by Crippen LogP contribution is 2.29. The smallest absolute Gasteiger partial charge is 0.415 e. The van der Waals surface area contributed by atoms with Gasteiger partial charge < -0.3 is 23.9 Å². The Balaban J connectivity index is 1.11. The maximum Gasteiger partial charge on any atom is 0.415 e. The van der Waals surface area contributed by atoms with Gasteiger partial charge in [0.15, 0.2) is 0 Å². The second kappa shape index (κ2) is 13.2. The zero-order valence-corrected chi connectivity index (χ0v) is 23.1. The number of carbonyl (C=O) groups is 2. The van der Waals surface area contributed by atoms with Crippen molar-refractivity contribution in [2.24, 2.45) is 11.8 Å². The third kappa shape index (κ3) is 7.33. The number of nitrogens with zero attached hydrogens (tertiary/aromatic N) is 2. The van der Waals surface area contributed by atoms with Gasteiger partial charge in [-0.2, -0.15) is 0 Å². The molecule has 0 spiro atoms. The predicted octanol–water partition coefficient (Wildman–Crippen LogP) is 6.43. The molecule has 0 radical (unpaired) electrons. The third-order valence-corrected chi connectivity index (χ3v) is 7.51. The molecule has 1 amide bonds. The summed E-state index contributed by atoms with van der Waals surface area (Å²) in [4.78, 5) is 30.9. The summed E-state index contributed by atoms with van der Waals surface area (Å²) >= 11 is 0. The highest BCUT2D eigenvalue weighted by molar-refractivity contribution is 5.73. The van der Waals surface area contributed by atoms with Gasteiger partial charge in [0.25, 0.3) is 0 Å². The van der Waals surface area contributed by atoms with Crippen LogP contribution in [-0.2, 0) is 17.6 Å². The lowest BCUT2D eigenvalue weighted by atomic mass is 9.82. The monoisotopic (exact) mass is 554 g/mol. The first-order valence-electron chi connectivity index (χ1n) is 13.9. The van der Waals surface area contributed by atoms with Gasteiger partial charge in [0.2, 0.25) is 5.89 Å². The topological polar surface area (TPSA) is 102 Å². The molecule has 1 fully saturated rings. The Hall–Kier alpha value is -4.59. The number of hydrogen-bond donors (Lipinski definition) is 1. The van der Waals surface area contributed by atoms with Crippen molar-refractivity contribution in [3.05, 3.63) is 102 Å². The van der Waals surface area contributed by atoms with Crippen LogP contribution < -0.4 is 9.47 Å². The number of aliphatic carboxylic acids is 1. The number of para-hydroxylation sites is 1. The number of carboxylic acids is 1. The van der Waals surface area contributed by atoms with E-state index in [-0.39, 0.29) is 5.92 Å². The summed E-state index contributed by atoms with van der Waals surface area (Å²) in [6.45, 7) is 3.11. The van der Waals surface area contributed by atoms with Crippen molar-refractivity contribution >= 4 is 12.1 Å². The summed E-state index contributed by atoms with van der Waals surface area (Å²) in [6.07, 6.45) is 1.96. The van der Waals surface area contributed by atoms with Crippen LogP contribution in [0.25, 0.3) is 11.5 Å². The predicted molar refractivity (Wildman–Crippen MR) is 154 cm³/mol. The Morgan fingerprint density at radius 3 is 2.37 bits per heavy atom. The molecular formula is C33H34N2O6. The maximum absolute atomic E-state index is 12.7. The molecule has 0 unspecified atom stereocenters. The molecule has 3 aromatic carbocycles. The van der Waals surface area contributed by atoms with Crippen LogP contribution in [0.5, 0.6) is 11.5 Å². The normalized spacial score (nSPS) is 16.8. The molecule has 1 aromatic heterocycles. The molecule has 1 aliphatic rings. The number of rotatable bonds is 10. The number of carboxylic acid groups (broad SMARTS) is 1. The molecule has 5 rings (SSSR count). The molecule has 4 aromatic rings. The fraction of sp³-hybridized carbons (Fsp3) is 0.303. The second-order valence-electron chi connectivity index (χ2n) is 10.3. The lowest BCUT2D eigenvalue weighted by molar-refractivity contribution is -0.145. The first kappa shape index (κ1) is 28.0. The Morgan fingerprint density at radius 1 is 0.951 bits per heavy atom. The molecule has 1 saturated heterocycles. The van der Waals surface area contributed by atoms with E-state index in [0.717, 1.165) is 28.3 Å². The molecule has 1 N–H and O–H groups in total. The van der Waals surface area contributed by atoms with E-state index in [0.29, 0.717) is 57.0 Å². The zero-order chi connectivity index (χ0) is 28.6. The van der Waals surface area contributed by atoms with Crippen molar-refractivity contribution in [1.29, 1.82) is 0 Å². The molecule has 2 atom stereocenters. The molecule has 8 nitrogen and oxygen atoms in total. The molecule has 0 bridgehead atoms. The quantitative estimate of drug-likeness (QED) is 0.241. The average Bonchev–Trinajstić information content (AvgIpc) is 3.37. The van der Waals surface area contributed by atoms with Crippen LogP contribution in [0.2, 0.25) is 0 Å². The van der Waals surface area contributed by atoms with Crippen molar-refractivity contribution < 1.29 is 28.6 Å². The van der Waals surface area contributed by atoms with Crippen LogP contribution >= 0.6 is 0 Å². The molecular weight excluding hydrogens is 520 g/mol. The molecule has 0 aliphatic carbocycles. The van der Waals surface area contributed by atoms with Crippen LogP contribution in [0.4, 0.5) is 4.79 Å². The van der Waals surface area contributed by atoms with Crippen LogP contribution in [0.1, 0.15) is 29.9 Å². The summed E-state index contributed by atoms with van der Waals surface area (Å²) in [6, 6.07) is 26.6. The first-order chi connectivity index (χ1) is 20.0. The van der Waals surface area contributed by atoms with Gasteiger partial charge in [-0.25, -0.2) is 9.78 Å². The van der Waals surface area contributed by atoms with Gasteiger partial charge in [0.05, 0.1) is 18.2 Å². The zero-order valence-electron chi connectivity index (χ0n) is 23.1. The van der Waals surface area contributed by atoms with Crippen LogP contribution in [0.15, 0.2) is 89.3 Å². The summed E-state index contributed by atoms with van der Waals surface area (Å²) in [7, 11) is 0. The van der Waals surface area contributed by atoms with Crippen molar-refractivity contribution in [2.75, 3.05) is 19.7 Å². The molecule has 8 heteroatoms. The van der Waals surface area contributed by atoms with Crippen LogP contribution in [0.3, 0.4) is 0 Å². The number of aryl methyl sites for hydroxylation is 2. The van der Waals surface area contributed by atoms with Crippen molar-refractivity contribution in [3.8, 4) is 23.0 Å². The summed E-state index contributed by atoms with van der Waals surface area (Å²) in [5.41, 5.74) is 2.91. The second-order valence-corrected chi connectivity index (χ2v) is 10.3. The number of hydrogen-bond acceptors (Lipinski definition) is 6. The van der Waals surface area contributed by atoms with E-state index < -0.39 is 18.0 Å². The Bertz CT molecular complexity index is 1440. The summed E-state index contributed by atoms with van der Waals surface area (Å²) < 4.78 is 17.3. The van der Waals surface area contributed by atoms with Gasteiger partial charge >= 0.3 is 12.1 Å². The average molecular weight is 555 g/mol. The van der Waals surface area contributed by atoms with E-state index in [1.165, 1.54) is 0 Å². The van der Waals surface area contributed by atoms with Crippen LogP contribution in [-0.4, -0.2) is 46.7 Å². The lowest BCUT2D eigenvalue weighted by Crippen LogP contribution is -2.47. The molecule has 1 aliphatic heterocycles. The van der Waals surface area contributed by atoms with E-state index in [2.05, 4.69) is 4.98 Å². The number of likely N-dealkylation sites (tertiary alicyclic amines) is 1. The van der Waals surface area contributed by atoms with E-state index in [1.54, 1.807) is 29.2 Å². The van der Waals surface area contributed by atoms with E-state index in [9.17, 15) is 14.7 Å². The minimum absolute atomic E-state index is 0.160. The number of carbonyl (C=O) groups excluding carboxylic acids is 1. The van der Waals surface area contributed by atoms with E-state index >= 15 is 0 Å². The SMILES string of the molecule is Cc1oc(-c2ccccc2)nc1CCOc1ccc(CC[C@@H]2CN(C(=O)Oc3ccccc3)CC[C@@H]2C(=O)O)cc1. The van der Waals surface area contributed by atoms with Crippen molar-refractivity contribution in [3.63, 3.8) is 0 Å². The molecule has 2 heterocycles. The Morgan fingerprint density at radius 2 is 1.66 bits per heavy atom. The highest BCUT2D eigenvalue weighted by Gasteiger charge is 2.36. The van der Waals surface area contributed by atoms with Gasteiger partial charge in [-0.05, 0) is 74.1 Å². The number of amides is 1. The third-order valence-electron chi connectivity index (χ3n) is 7.51. The molecule has 212 valence electrons. The number of oxazole rings is 1. The van der Waals surface area contributed by atoms with E-state index in [4.69, 9.17) is 13.9 Å². The maximum atomic E-state index is 12.7. The minimum Gasteiger partial charge on any atom is -0.493 e. The van der Waals surface area contributed by atoms with Gasteiger partial charge in [0, 0.05) is 25.1 Å². The van der Waals surface area contributed by atoms with Gasteiger partial charge in [-0.3, -0.25) is 4.79 Å². The van der Waals surface area contributed by atoms with Gasteiger partial charge in [-0.1, -0.05) is 48.5 Å². The number of ether oxygens (including phenoxy) is 2. The lowest BCUT2D eigenvalue weighted by Gasteiger charge is -2.36. The number of aromatic nitrogens is 1.